The van der Waals surface area contributed by atoms with Crippen LogP contribution in [0.1, 0.15) is 56.1 Å². The first-order chi connectivity index (χ1) is 53.8. The van der Waals surface area contributed by atoms with Gasteiger partial charge in [0.2, 0.25) is 11.4 Å². The number of carbonyl (C=O) groups is 3. The van der Waals surface area contributed by atoms with Gasteiger partial charge in [0, 0.05) is 79.3 Å². The molecule has 4 N–H and O–H groups in total. The zero-order valence-electron chi connectivity index (χ0n) is 63.4. The van der Waals surface area contributed by atoms with Gasteiger partial charge in [-0.2, -0.15) is 29.6 Å². The second kappa shape index (κ2) is 42.6. The van der Waals surface area contributed by atoms with Gasteiger partial charge in [-0.1, -0.05) is 36.7 Å². The molecule has 0 spiro atoms. The molecule has 115 heavy (non-hydrogen) atoms. The summed E-state index contributed by atoms with van der Waals surface area (Å²) >= 11 is 0. The van der Waals surface area contributed by atoms with Crippen molar-refractivity contribution in [3.8, 4) is 46.0 Å². The summed E-state index contributed by atoms with van der Waals surface area (Å²) in [5.74, 6) is -6.66. The smallest absolute Gasteiger partial charge is 0.871 e. The third-order valence-corrected chi connectivity index (χ3v) is 15.8. The molecule has 0 saturated carbocycles. The number of pyridine rings is 4. The summed E-state index contributed by atoms with van der Waals surface area (Å²) in [5.41, 5.74) is 0.492. The fourth-order valence-corrected chi connectivity index (χ4v) is 9.83. The van der Waals surface area contributed by atoms with Crippen LogP contribution in [0.2, 0.25) is 0 Å². The predicted octanol–water partition coefficient (Wildman–Crippen LogP) is 1.83. The van der Waals surface area contributed by atoms with Crippen molar-refractivity contribution >= 4 is 74.8 Å². The molecule has 10 aromatic rings. The monoisotopic (exact) mass is 1620 g/mol. The van der Waals surface area contributed by atoms with Crippen LogP contribution < -0.4 is 72.2 Å². The maximum absolute atomic E-state index is 13.5. The molecular weight excluding hydrogens is 1550 g/mol. The molecular formula is C73H76FeN20O21-3. The summed E-state index contributed by atoms with van der Waals surface area (Å²) < 4.78 is 8.15. The zero-order chi connectivity index (χ0) is 84.5. The topological polar surface area (TPSA) is 595 Å². The van der Waals surface area contributed by atoms with Crippen molar-refractivity contribution in [1.29, 1.82) is 0 Å². The number of carboxylic acid groups (broad SMARTS) is 3. The quantitative estimate of drug-likeness (QED) is 0.0208. The van der Waals surface area contributed by atoms with Crippen molar-refractivity contribution in [2.24, 2.45) is 40.9 Å². The number of nitrogens with one attached hydrogen (secondary N) is 2. The van der Waals surface area contributed by atoms with Gasteiger partial charge in [-0.15, -0.1) is 20.5 Å². The molecule has 10 rings (SSSR count). The summed E-state index contributed by atoms with van der Waals surface area (Å²) in [6.07, 6.45) is 3.80. The third-order valence-electron chi connectivity index (χ3n) is 15.8. The number of rotatable bonds is 25. The molecule has 0 aliphatic rings. The summed E-state index contributed by atoms with van der Waals surface area (Å²) in [7, 11) is 7.66. The van der Waals surface area contributed by atoms with Crippen LogP contribution in [0.25, 0.3) is 22.7 Å². The van der Waals surface area contributed by atoms with Crippen LogP contribution >= 0.6 is 0 Å². The number of nitro benzene ring substituents is 2. The van der Waals surface area contributed by atoms with Gasteiger partial charge in [-0.3, -0.25) is 49.6 Å². The number of non-ortho nitro benzene ring substituents is 2. The van der Waals surface area contributed by atoms with Gasteiger partial charge >= 0.3 is 17.1 Å². The number of hydrogen-bond donors (Lipinski definition) is 4. The minimum Gasteiger partial charge on any atom is -0.871 e. The van der Waals surface area contributed by atoms with Gasteiger partial charge in [0.15, 0.2) is 47.5 Å². The Hall–Kier alpha value is -13.8. The fraction of sp³-hybridized carbons (Fsp3) is 0.274. The van der Waals surface area contributed by atoms with E-state index in [4.69, 9.17) is 10.2 Å². The second-order valence-corrected chi connectivity index (χ2v) is 25.1. The Balaban J connectivity index is 0.000000335. The number of carbonyl (C=O) groups excluding carboxylic acids is 3. The first kappa shape index (κ1) is 91.8. The van der Waals surface area contributed by atoms with Crippen molar-refractivity contribution in [2.75, 3.05) is 41.3 Å². The van der Waals surface area contributed by atoms with E-state index in [-0.39, 0.29) is 75.7 Å². The van der Waals surface area contributed by atoms with Crippen molar-refractivity contribution in [3.05, 3.63) is 230 Å². The number of H-pyrrole nitrogens is 2. The Labute approximate surface area is 663 Å². The minimum atomic E-state index is -1.59. The first-order valence-electron chi connectivity index (χ1n) is 34.0. The van der Waals surface area contributed by atoms with Gasteiger partial charge in [0.25, 0.3) is 33.6 Å². The number of aromatic amines is 2. The van der Waals surface area contributed by atoms with Crippen molar-refractivity contribution in [1.82, 2.24) is 38.5 Å². The third kappa shape index (κ3) is 25.1. The van der Waals surface area contributed by atoms with Gasteiger partial charge in [0.05, 0.1) is 90.6 Å². The van der Waals surface area contributed by atoms with E-state index in [0.717, 1.165) is 57.2 Å². The SMILES string of the molecule is CC(O)C(=O)[O-].CC(O)C(=O)[O-].CC([O-])C(=O)[O-].Cc1[nH]n(-c2ccc(N=Nc3c(C)c(-[n+]4ccccc4)c([O-])n(CCCN(C)C)c3=O)cc2)c(=O)c1N=Nc1ccc([N+](=O)[O-])cc1[O-].Cc1[nH]n(-c2ccc(N=Nc3c(C)c(-[n+]4ccccc4)c([O-])n(CCCN(C)C)c3=O)cc2)c(=O)c1N=Nc1ccc([N+](=O)[O-])cc1[O-].[Fe+3]. The van der Waals surface area contributed by atoms with Gasteiger partial charge in [0.1, 0.15) is 0 Å². The number of aliphatic carboxylic acids is 3. The molecule has 6 heterocycles. The van der Waals surface area contributed by atoms with Gasteiger partial charge < -0.3 is 84.4 Å². The van der Waals surface area contributed by atoms with E-state index in [9.17, 15) is 94.6 Å². The van der Waals surface area contributed by atoms with Crippen molar-refractivity contribution < 1.29 is 101 Å². The number of aromatic nitrogens is 8. The Morgan fingerprint density at radius 3 is 1.05 bits per heavy atom. The van der Waals surface area contributed by atoms with Crippen LogP contribution in [0.3, 0.4) is 0 Å². The first-order valence-corrected chi connectivity index (χ1v) is 34.0. The molecule has 41 nitrogen and oxygen atoms in total. The molecule has 0 fully saturated rings. The van der Waals surface area contributed by atoms with Crippen LogP contribution in [0.5, 0.6) is 23.3 Å². The molecule has 1 radical (unpaired) electrons. The Bertz CT molecular complexity index is 5110. The summed E-state index contributed by atoms with van der Waals surface area (Å²) in [4.78, 5) is 106. The van der Waals surface area contributed by atoms with E-state index in [2.05, 4.69) is 51.1 Å². The average molecular weight is 1630 g/mol. The second-order valence-electron chi connectivity index (χ2n) is 25.1. The number of hydrogen-bond acceptors (Lipinski definition) is 31. The number of carboxylic acids is 3. The van der Waals surface area contributed by atoms with E-state index in [1.807, 2.05) is 50.1 Å². The van der Waals surface area contributed by atoms with Gasteiger partial charge in [-0.25, -0.2) is 9.36 Å². The summed E-state index contributed by atoms with van der Waals surface area (Å²) in [6.45, 7) is 11.6. The number of aryl methyl sites for hydroxylation is 2. The Kier molecular flexibility index (Phi) is 34.0. The number of aliphatic hydroxyl groups is 2. The number of benzene rings is 4. The molecule has 3 unspecified atom stereocenters. The number of nitrogens with zero attached hydrogens (tertiary/aromatic N) is 18. The maximum atomic E-state index is 13.5. The van der Waals surface area contributed by atoms with Crippen molar-refractivity contribution in [3.63, 3.8) is 0 Å². The molecule has 6 aromatic heterocycles. The predicted molar refractivity (Wildman–Crippen MR) is 391 cm³/mol. The number of aliphatic hydroxyl groups excluding tert-OH is 2. The maximum Gasteiger partial charge on any atom is 3.00 e. The van der Waals surface area contributed by atoms with Crippen LogP contribution in [0, 0.1) is 47.9 Å². The molecule has 0 aliphatic carbocycles. The van der Waals surface area contributed by atoms with E-state index in [1.165, 1.54) is 18.5 Å². The molecule has 605 valence electrons. The average Bonchev–Trinajstić information content (AvgIpc) is 1.68. The molecule has 42 heteroatoms. The fourth-order valence-electron chi connectivity index (χ4n) is 9.83. The number of nitro groups is 2. The van der Waals surface area contributed by atoms with E-state index in [1.54, 1.807) is 134 Å². The molecule has 3 atom stereocenters. The molecule has 0 bridgehead atoms. The van der Waals surface area contributed by atoms with Crippen molar-refractivity contribution in [2.45, 2.75) is 92.7 Å². The van der Waals surface area contributed by atoms with E-state index < -0.39 is 91.6 Å². The normalized spacial score (nSPS) is 11.9. The Morgan fingerprint density at radius 2 is 0.783 bits per heavy atom. The molecule has 4 aromatic carbocycles. The molecule has 0 amide bonds. The van der Waals surface area contributed by atoms with Gasteiger partial charge in [-0.05, 0) is 156 Å². The van der Waals surface area contributed by atoms with E-state index in [0.29, 0.717) is 82.6 Å². The summed E-state index contributed by atoms with van der Waals surface area (Å²) in [5, 5.41) is 165. The number of azo groups is 4. The van der Waals surface area contributed by atoms with Crippen LogP contribution in [-0.4, -0.2) is 136 Å². The summed E-state index contributed by atoms with van der Waals surface area (Å²) in [6, 6.07) is 29.9. The minimum absolute atomic E-state index is 0. The zero-order valence-corrected chi connectivity index (χ0v) is 64.5. The van der Waals surface area contributed by atoms with Crippen LogP contribution in [0.4, 0.5) is 56.9 Å². The molecule has 0 aliphatic heterocycles. The van der Waals surface area contributed by atoms with E-state index >= 15 is 0 Å². The van der Waals surface area contributed by atoms with Crippen LogP contribution in [0.15, 0.2) is 206 Å². The Morgan fingerprint density at radius 1 is 0.478 bits per heavy atom. The van der Waals surface area contributed by atoms with Crippen LogP contribution in [-0.2, 0) is 44.5 Å². The standard InChI is InChI=1S/2C32H32N10O6.2C3H6O3.C3H5O3.Fe/c2*1-20-27(30(44)40(18-8-15-38(3)4)32(46)29(20)39-16-6-5-7-17-39)35-33-22-9-11-23(12-10-22)41-31(45)28(21(2)37-41)36-34-25-14-13-24(42(47)48)19-26(25)43;3*1-2(4)3(5)6;/h2*5-7,9-14,16-17,19H,8,15,18H2,1-4H3,(H2-,33,34,35,36,37,43,44,45,46);2*2,4H,1H3,(H,5,6);2H,1H3,(H,5,6);/q;;;;-1;+3/p-5. The molecule has 0 saturated heterocycles. The largest absolute Gasteiger partial charge is 3.00 e.